The van der Waals surface area contributed by atoms with Gasteiger partial charge in [0.15, 0.2) is 11.5 Å². The zero-order valence-corrected chi connectivity index (χ0v) is 14.5. The second-order valence-electron chi connectivity index (χ2n) is 5.92. The minimum atomic E-state index is -0.172. The normalized spacial score (nSPS) is 13.7. The number of amides is 1. The van der Waals surface area contributed by atoms with Crippen LogP contribution in [0.4, 0.5) is 0 Å². The van der Waals surface area contributed by atoms with Crippen LogP contribution in [-0.4, -0.2) is 19.8 Å². The zero-order chi connectivity index (χ0) is 17.8. The number of nitrogens with one attached hydrogen (secondary N) is 1. The first kappa shape index (κ1) is 16.9. The van der Waals surface area contributed by atoms with Gasteiger partial charge in [-0.15, -0.1) is 0 Å². The van der Waals surface area contributed by atoms with Crippen LogP contribution in [-0.2, 0) is 4.79 Å². The monoisotopic (exact) mass is 339 g/mol. The van der Waals surface area contributed by atoms with E-state index in [9.17, 15) is 4.79 Å². The van der Waals surface area contributed by atoms with Gasteiger partial charge in [-0.3, -0.25) is 4.79 Å². The number of hydrogen-bond acceptors (Lipinski definition) is 4. The third kappa shape index (κ3) is 3.94. The Hall–Kier alpha value is -2.95. The molecule has 5 nitrogen and oxygen atoms in total. The summed E-state index contributed by atoms with van der Waals surface area (Å²) in [7, 11) is 1.61. The van der Waals surface area contributed by atoms with E-state index in [4.69, 9.17) is 14.2 Å². The second-order valence-corrected chi connectivity index (χ2v) is 5.92. The summed E-state index contributed by atoms with van der Waals surface area (Å²) in [6.45, 7) is 4.16. The number of ether oxygens (including phenoxy) is 3. The summed E-state index contributed by atoms with van der Waals surface area (Å²) in [6, 6.07) is 11.4. The molecule has 0 saturated heterocycles. The van der Waals surface area contributed by atoms with Crippen LogP contribution < -0.4 is 19.5 Å². The Kier molecular flexibility index (Phi) is 4.93. The van der Waals surface area contributed by atoms with E-state index in [1.807, 2.05) is 50.2 Å². The Morgan fingerprint density at radius 2 is 2.00 bits per heavy atom. The lowest BCUT2D eigenvalue weighted by Crippen LogP contribution is -2.24. The van der Waals surface area contributed by atoms with Crippen molar-refractivity contribution in [2.24, 2.45) is 0 Å². The van der Waals surface area contributed by atoms with Gasteiger partial charge in [0.05, 0.1) is 13.2 Å². The minimum Gasteiger partial charge on any atom is -0.496 e. The molecule has 130 valence electrons. The summed E-state index contributed by atoms with van der Waals surface area (Å²) in [5.41, 5.74) is 2.93. The van der Waals surface area contributed by atoms with Gasteiger partial charge in [0.25, 0.3) is 0 Å². The summed E-state index contributed by atoms with van der Waals surface area (Å²) in [6.07, 6.45) is 3.27. The highest BCUT2D eigenvalue weighted by molar-refractivity contribution is 5.92. The van der Waals surface area contributed by atoms with Gasteiger partial charge in [0, 0.05) is 11.6 Å². The van der Waals surface area contributed by atoms with E-state index in [1.165, 1.54) is 6.08 Å². The van der Waals surface area contributed by atoms with Crippen LogP contribution in [0.5, 0.6) is 17.2 Å². The van der Waals surface area contributed by atoms with E-state index in [1.54, 1.807) is 13.2 Å². The molecule has 25 heavy (non-hydrogen) atoms. The molecule has 1 aliphatic heterocycles. The van der Waals surface area contributed by atoms with E-state index in [2.05, 4.69) is 5.32 Å². The van der Waals surface area contributed by atoms with Crippen molar-refractivity contribution in [3.63, 3.8) is 0 Å². The summed E-state index contributed by atoms with van der Waals surface area (Å²) in [5.74, 6) is 2.00. The van der Waals surface area contributed by atoms with Crippen LogP contribution in [0.2, 0.25) is 0 Å². The zero-order valence-electron chi connectivity index (χ0n) is 14.5. The van der Waals surface area contributed by atoms with Gasteiger partial charge in [-0.2, -0.15) is 0 Å². The number of methoxy groups -OCH3 is 1. The topological polar surface area (TPSA) is 56.8 Å². The van der Waals surface area contributed by atoms with Crippen LogP contribution >= 0.6 is 0 Å². The van der Waals surface area contributed by atoms with Crippen molar-refractivity contribution in [1.82, 2.24) is 5.32 Å². The van der Waals surface area contributed by atoms with Crippen LogP contribution in [0.1, 0.15) is 29.7 Å². The molecule has 1 heterocycles. The Morgan fingerprint density at radius 1 is 1.20 bits per heavy atom. The van der Waals surface area contributed by atoms with Crippen LogP contribution in [0.25, 0.3) is 6.08 Å². The van der Waals surface area contributed by atoms with E-state index in [-0.39, 0.29) is 18.7 Å². The fourth-order valence-corrected chi connectivity index (χ4v) is 2.68. The quantitative estimate of drug-likeness (QED) is 0.845. The third-order valence-electron chi connectivity index (χ3n) is 4.05. The number of rotatable bonds is 5. The molecule has 0 fully saturated rings. The Labute approximate surface area is 147 Å². The molecule has 3 rings (SSSR count). The Morgan fingerprint density at radius 3 is 2.80 bits per heavy atom. The average molecular weight is 339 g/mol. The molecule has 0 bridgehead atoms. The predicted octanol–water partition coefficient (Wildman–Crippen LogP) is 3.62. The van der Waals surface area contributed by atoms with Crippen molar-refractivity contribution in [2.45, 2.75) is 19.9 Å². The minimum absolute atomic E-state index is 0.147. The Balaban J connectivity index is 1.67. The molecule has 0 aromatic heterocycles. The number of fused-ring (bicyclic) bond motifs is 1. The van der Waals surface area contributed by atoms with Gasteiger partial charge in [-0.05, 0) is 49.8 Å². The molecule has 0 saturated carbocycles. The van der Waals surface area contributed by atoms with Gasteiger partial charge >= 0.3 is 0 Å². The van der Waals surface area contributed by atoms with E-state index in [0.717, 1.165) is 28.2 Å². The predicted molar refractivity (Wildman–Crippen MR) is 95.9 cm³/mol. The van der Waals surface area contributed by atoms with Crippen molar-refractivity contribution < 1.29 is 19.0 Å². The van der Waals surface area contributed by atoms with Crippen LogP contribution in [0.3, 0.4) is 0 Å². The van der Waals surface area contributed by atoms with Crippen molar-refractivity contribution >= 4 is 12.0 Å². The maximum absolute atomic E-state index is 12.2. The summed E-state index contributed by atoms with van der Waals surface area (Å²) in [4.78, 5) is 12.2. The highest BCUT2D eigenvalue weighted by atomic mass is 16.7. The fraction of sp³-hybridized carbons (Fsp3) is 0.250. The lowest BCUT2D eigenvalue weighted by Gasteiger charge is -2.13. The maximum Gasteiger partial charge on any atom is 0.244 e. The summed E-state index contributed by atoms with van der Waals surface area (Å²) >= 11 is 0. The molecule has 0 aliphatic carbocycles. The van der Waals surface area contributed by atoms with Gasteiger partial charge < -0.3 is 19.5 Å². The van der Waals surface area contributed by atoms with Crippen molar-refractivity contribution in [1.29, 1.82) is 0 Å². The van der Waals surface area contributed by atoms with E-state index >= 15 is 0 Å². The lowest BCUT2D eigenvalue weighted by atomic mass is 10.1. The first-order chi connectivity index (χ1) is 12.1. The van der Waals surface area contributed by atoms with Crippen LogP contribution in [0, 0.1) is 6.92 Å². The highest BCUT2D eigenvalue weighted by Crippen LogP contribution is 2.34. The van der Waals surface area contributed by atoms with E-state index < -0.39 is 0 Å². The molecular weight excluding hydrogens is 318 g/mol. The number of hydrogen-bond donors (Lipinski definition) is 1. The van der Waals surface area contributed by atoms with Gasteiger partial charge in [-0.25, -0.2) is 0 Å². The molecule has 2 aromatic rings. The van der Waals surface area contributed by atoms with Gasteiger partial charge in [0.1, 0.15) is 5.75 Å². The first-order valence-corrected chi connectivity index (χ1v) is 8.09. The Bertz CT molecular complexity index is 813. The molecule has 1 N–H and O–H groups in total. The van der Waals surface area contributed by atoms with Crippen LogP contribution in [0.15, 0.2) is 42.5 Å². The SMILES string of the molecule is COc1ccc(C)cc1/C=C/C(=O)NC(C)c1ccc2c(c1)OCO2. The highest BCUT2D eigenvalue weighted by Gasteiger charge is 2.16. The second kappa shape index (κ2) is 7.30. The van der Waals surface area contributed by atoms with Gasteiger partial charge in [0.2, 0.25) is 12.7 Å². The molecular formula is C20H21NO4. The third-order valence-corrected chi connectivity index (χ3v) is 4.05. The molecule has 0 spiro atoms. The molecule has 5 heteroatoms. The molecule has 1 atom stereocenters. The largest absolute Gasteiger partial charge is 0.496 e. The number of carbonyl (C=O) groups is 1. The maximum atomic E-state index is 12.2. The fourth-order valence-electron chi connectivity index (χ4n) is 2.68. The smallest absolute Gasteiger partial charge is 0.244 e. The van der Waals surface area contributed by atoms with Crippen molar-refractivity contribution in [3.05, 3.63) is 59.2 Å². The number of benzene rings is 2. The average Bonchev–Trinajstić information content (AvgIpc) is 3.07. The molecule has 0 radical (unpaired) electrons. The van der Waals surface area contributed by atoms with Gasteiger partial charge in [-0.1, -0.05) is 17.7 Å². The first-order valence-electron chi connectivity index (χ1n) is 8.09. The number of aryl methyl sites for hydroxylation is 1. The molecule has 2 aromatic carbocycles. The van der Waals surface area contributed by atoms with E-state index in [0.29, 0.717) is 5.75 Å². The summed E-state index contributed by atoms with van der Waals surface area (Å²) in [5, 5.41) is 2.95. The molecule has 1 unspecified atom stereocenters. The molecule has 1 amide bonds. The lowest BCUT2D eigenvalue weighted by molar-refractivity contribution is -0.117. The standard InChI is InChI=1S/C20H21NO4/c1-13-4-7-17(23-3)16(10-13)6-9-20(22)21-14(2)15-5-8-18-19(11-15)25-12-24-18/h4-11,14H,12H2,1-3H3,(H,21,22)/b9-6+. The summed E-state index contributed by atoms with van der Waals surface area (Å²) < 4.78 is 16.0. The molecule has 1 aliphatic rings. The van der Waals surface area contributed by atoms with Crippen molar-refractivity contribution in [3.8, 4) is 17.2 Å². The van der Waals surface area contributed by atoms with Crippen molar-refractivity contribution in [2.75, 3.05) is 13.9 Å². The number of carbonyl (C=O) groups excluding carboxylic acids is 1.